The number of aliphatic hydroxyl groups excluding tert-OH is 1. The molecule has 0 radical (unpaired) electrons. The lowest BCUT2D eigenvalue weighted by Gasteiger charge is -2.19. The Morgan fingerprint density at radius 3 is 2.48 bits per heavy atom. The molecule has 2 amide bonds. The third-order valence-corrected chi connectivity index (χ3v) is 3.84. The Morgan fingerprint density at radius 2 is 1.96 bits per heavy atom. The van der Waals surface area contributed by atoms with Crippen molar-refractivity contribution in [3.63, 3.8) is 0 Å². The highest BCUT2D eigenvalue weighted by Gasteiger charge is 2.39. The molecule has 23 heavy (non-hydrogen) atoms. The summed E-state index contributed by atoms with van der Waals surface area (Å²) in [6.07, 6.45) is -1.12. The highest BCUT2D eigenvalue weighted by atomic mass is 16.7. The van der Waals surface area contributed by atoms with Crippen LogP contribution in [0.15, 0.2) is 29.5 Å². The summed E-state index contributed by atoms with van der Waals surface area (Å²) in [6, 6.07) is 6.46. The molecule has 2 unspecified atom stereocenters. The summed E-state index contributed by atoms with van der Waals surface area (Å²) < 4.78 is 0. The molecule has 122 valence electrons. The molecule has 3 rings (SSSR count). The van der Waals surface area contributed by atoms with E-state index in [1.54, 1.807) is 24.3 Å². The Kier molecular flexibility index (Phi) is 3.87. The number of nitrogens with zero attached hydrogens (tertiary/aromatic N) is 4. The summed E-state index contributed by atoms with van der Waals surface area (Å²) in [7, 11) is 0. The van der Waals surface area contributed by atoms with Gasteiger partial charge in [-0.1, -0.05) is 12.1 Å². The number of aliphatic hydroxyl groups is 1. The average Bonchev–Trinajstić information content (AvgIpc) is 3.08. The lowest BCUT2D eigenvalue weighted by molar-refractivity contribution is -0.709. The Bertz CT molecular complexity index is 642. The second-order valence-corrected chi connectivity index (χ2v) is 5.42. The van der Waals surface area contributed by atoms with Crippen LogP contribution in [0.2, 0.25) is 0 Å². The van der Waals surface area contributed by atoms with Gasteiger partial charge in [-0.25, -0.2) is 4.90 Å². The molecule has 1 fully saturated rings. The smallest absolute Gasteiger partial charge is 0.264 e. The van der Waals surface area contributed by atoms with E-state index in [0.29, 0.717) is 24.1 Å². The number of hydrazine groups is 1. The SMILES string of the molecule is CC(ON=[N+]([O-])N1CCC(O)C1)N1C(=O)c2ccccc2C1=O. The van der Waals surface area contributed by atoms with Crippen LogP contribution in [0.25, 0.3) is 0 Å². The first-order valence-corrected chi connectivity index (χ1v) is 7.23. The van der Waals surface area contributed by atoms with Crippen molar-refractivity contribution in [2.24, 2.45) is 5.28 Å². The number of benzene rings is 1. The maximum Gasteiger partial charge on any atom is 0.264 e. The van der Waals surface area contributed by atoms with Gasteiger partial charge in [0.25, 0.3) is 11.8 Å². The minimum Gasteiger partial charge on any atom is -0.569 e. The molecule has 1 saturated heterocycles. The molecule has 2 aliphatic heterocycles. The number of rotatable bonds is 4. The number of fused-ring (bicyclic) bond motifs is 1. The van der Waals surface area contributed by atoms with Crippen molar-refractivity contribution >= 4 is 11.8 Å². The van der Waals surface area contributed by atoms with E-state index in [4.69, 9.17) is 4.84 Å². The molecule has 0 aliphatic carbocycles. The topological polar surface area (TPSA) is 109 Å². The van der Waals surface area contributed by atoms with Crippen LogP contribution in [0.4, 0.5) is 0 Å². The first kappa shape index (κ1) is 15.2. The van der Waals surface area contributed by atoms with E-state index in [9.17, 15) is 19.9 Å². The second kappa shape index (κ2) is 5.84. The van der Waals surface area contributed by atoms with E-state index in [1.807, 2.05) is 0 Å². The van der Waals surface area contributed by atoms with Crippen molar-refractivity contribution < 1.29 is 24.5 Å². The lowest BCUT2D eigenvalue weighted by atomic mass is 10.1. The monoisotopic (exact) mass is 320 g/mol. The van der Waals surface area contributed by atoms with E-state index in [1.165, 1.54) is 11.9 Å². The molecule has 0 spiro atoms. The van der Waals surface area contributed by atoms with Gasteiger partial charge in [0.1, 0.15) is 6.54 Å². The van der Waals surface area contributed by atoms with Gasteiger partial charge >= 0.3 is 0 Å². The number of carbonyl (C=O) groups excluding carboxylic acids is 2. The third kappa shape index (κ3) is 2.70. The Morgan fingerprint density at radius 1 is 1.35 bits per heavy atom. The van der Waals surface area contributed by atoms with Gasteiger partial charge in [-0.05, 0) is 25.5 Å². The lowest BCUT2D eigenvalue weighted by Crippen LogP contribution is -2.39. The Labute approximate surface area is 131 Å². The molecular weight excluding hydrogens is 304 g/mol. The van der Waals surface area contributed by atoms with Crippen LogP contribution in [0.5, 0.6) is 0 Å². The molecule has 2 heterocycles. The van der Waals surface area contributed by atoms with E-state index in [0.717, 1.165) is 4.90 Å². The van der Waals surface area contributed by atoms with E-state index in [2.05, 4.69) is 5.28 Å². The molecule has 9 heteroatoms. The fourth-order valence-electron chi connectivity index (χ4n) is 2.62. The number of imide groups is 1. The van der Waals surface area contributed by atoms with Crippen molar-refractivity contribution in [3.8, 4) is 0 Å². The summed E-state index contributed by atoms with van der Waals surface area (Å²) in [5.74, 6) is -0.968. The molecule has 0 saturated carbocycles. The van der Waals surface area contributed by atoms with Crippen molar-refractivity contribution in [1.82, 2.24) is 9.91 Å². The molecule has 9 nitrogen and oxygen atoms in total. The fraction of sp³-hybridized carbons (Fsp3) is 0.429. The first-order chi connectivity index (χ1) is 11.0. The van der Waals surface area contributed by atoms with Crippen molar-refractivity contribution in [1.29, 1.82) is 0 Å². The van der Waals surface area contributed by atoms with Gasteiger partial charge in [-0.15, -0.1) is 5.01 Å². The Balaban J connectivity index is 1.69. The number of amides is 2. The molecule has 2 aliphatic rings. The normalized spacial score (nSPS) is 22.5. The van der Waals surface area contributed by atoms with Crippen LogP contribution < -0.4 is 0 Å². The number of hydrogen-bond donors (Lipinski definition) is 1. The van der Waals surface area contributed by atoms with E-state index < -0.39 is 24.1 Å². The predicted octanol–water partition coefficient (Wildman–Crippen LogP) is 0.504. The number of carbonyl (C=O) groups is 2. The van der Waals surface area contributed by atoms with Crippen LogP contribution in [0.3, 0.4) is 0 Å². The van der Waals surface area contributed by atoms with Gasteiger partial charge in [-0.2, -0.15) is 0 Å². The molecule has 1 aromatic carbocycles. The zero-order valence-electron chi connectivity index (χ0n) is 12.5. The van der Waals surface area contributed by atoms with Crippen LogP contribution >= 0.6 is 0 Å². The Hall–Kier alpha value is -2.68. The standard InChI is InChI=1S/C14H16N4O5/c1-9(23-15-18(22)16-7-6-10(19)8-16)17-13(20)11-4-2-3-5-12(11)14(17)21/h2-5,9-10,19H,6-8H2,1H3. The first-order valence-electron chi connectivity index (χ1n) is 7.23. The molecular formula is C14H16N4O5. The van der Waals surface area contributed by atoms with Crippen LogP contribution in [0.1, 0.15) is 34.1 Å². The van der Waals surface area contributed by atoms with Crippen LogP contribution in [-0.4, -0.2) is 57.2 Å². The van der Waals surface area contributed by atoms with Gasteiger partial charge in [0.15, 0.2) is 0 Å². The van der Waals surface area contributed by atoms with Gasteiger partial charge in [-0.3, -0.25) is 9.59 Å². The largest absolute Gasteiger partial charge is 0.569 e. The van der Waals surface area contributed by atoms with Crippen LogP contribution in [0, 0.1) is 5.21 Å². The fourth-order valence-corrected chi connectivity index (χ4v) is 2.62. The summed E-state index contributed by atoms with van der Waals surface area (Å²) in [5.41, 5.74) is 0.601. The van der Waals surface area contributed by atoms with E-state index in [-0.39, 0.29) is 11.5 Å². The molecule has 1 N–H and O–H groups in total. The van der Waals surface area contributed by atoms with Crippen molar-refractivity contribution in [3.05, 3.63) is 40.6 Å². The maximum atomic E-state index is 12.2. The minimum atomic E-state index is -1.02. The average molecular weight is 320 g/mol. The van der Waals surface area contributed by atoms with Gasteiger partial charge in [0.2, 0.25) is 11.5 Å². The molecule has 0 bridgehead atoms. The highest BCUT2D eigenvalue weighted by Crippen LogP contribution is 2.24. The highest BCUT2D eigenvalue weighted by molar-refractivity contribution is 6.21. The van der Waals surface area contributed by atoms with E-state index >= 15 is 0 Å². The zero-order chi connectivity index (χ0) is 16.6. The van der Waals surface area contributed by atoms with Gasteiger partial charge < -0.3 is 15.2 Å². The molecule has 2 atom stereocenters. The third-order valence-electron chi connectivity index (χ3n) is 3.84. The van der Waals surface area contributed by atoms with Crippen molar-refractivity contribution in [2.75, 3.05) is 13.1 Å². The minimum absolute atomic E-state index is 0.164. The zero-order valence-corrected chi connectivity index (χ0v) is 12.5. The predicted molar refractivity (Wildman–Crippen MR) is 75.7 cm³/mol. The van der Waals surface area contributed by atoms with Crippen LogP contribution in [-0.2, 0) is 4.84 Å². The van der Waals surface area contributed by atoms with Gasteiger partial charge in [0.05, 0.1) is 28.7 Å². The summed E-state index contributed by atoms with van der Waals surface area (Å²) in [6.45, 7) is 1.98. The van der Waals surface area contributed by atoms with Gasteiger partial charge in [0, 0.05) is 0 Å². The number of hydrogen-bond acceptors (Lipinski definition) is 6. The second-order valence-electron chi connectivity index (χ2n) is 5.42. The quantitative estimate of drug-likeness (QED) is 0.375. The van der Waals surface area contributed by atoms with Crippen molar-refractivity contribution in [2.45, 2.75) is 25.7 Å². The molecule has 0 aromatic heterocycles. The number of β-amino-alcohol motifs (C(OH)–C–C–N with tert-alkyl or cyclic N) is 1. The maximum absolute atomic E-state index is 12.2. The summed E-state index contributed by atoms with van der Waals surface area (Å²) in [4.78, 5) is 30.6. The molecule has 1 aromatic rings. The summed E-state index contributed by atoms with van der Waals surface area (Å²) >= 11 is 0. The summed E-state index contributed by atoms with van der Waals surface area (Å²) in [5, 5.41) is 25.8.